The Hall–Kier alpha value is -3.10. The molecule has 0 unspecified atom stereocenters. The Morgan fingerprint density at radius 3 is 2.63 bits per heavy atom. The SMILES string of the molecule is Cc1sc(NC(=O)CN2CCCCCC2)nc1-c1ccc2c(c1)CCN2C(=O)c1cccc(F)c1. The number of nitrogens with one attached hydrogen (secondary N) is 1. The summed E-state index contributed by atoms with van der Waals surface area (Å²) in [6.07, 6.45) is 5.51. The number of anilines is 2. The van der Waals surface area contributed by atoms with Gasteiger partial charge in [0.15, 0.2) is 5.13 Å². The number of benzene rings is 2. The number of carbonyl (C=O) groups excluding carboxylic acids is 2. The van der Waals surface area contributed by atoms with E-state index in [0.29, 0.717) is 23.8 Å². The van der Waals surface area contributed by atoms with Gasteiger partial charge in [0.25, 0.3) is 5.91 Å². The Morgan fingerprint density at radius 2 is 1.86 bits per heavy atom. The zero-order chi connectivity index (χ0) is 24.4. The van der Waals surface area contributed by atoms with Gasteiger partial charge < -0.3 is 10.2 Å². The van der Waals surface area contributed by atoms with Gasteiger partial charge in [-0.1, -0.05) is 25.0 Å². The molecule has 35 heavy (non-hydrogen) atoms. The van der Waals surface area contributed by atoms with Gasteiger partial charge in [-0.3, -0.25) is 14.5 Å². The smallest absolute Gasteiger partial charge is 0.258 e. The van der Waals surface area contributed by atoms with E-state index < -0.39 is 5.82 Å². The molecule has 1 fully saturated rings. The summed E-state index contributed by atoms with van der Waals surface area (Å²) < 4.78 is 13.6. The zero-order valence-corrected chi connectivity index (χ0v) is 20.7. The number of aromatic nitrogens is 1. The largest absolute Gasteiger partial charge is 0.308 e. The molecule has 0 bridgehead atoms. The van der Waals surface area contributed by atoms with Crippen LogP contribution in [0.5, 0.6) is 0 Å². The van der Waals surface area contributed by atoms with Gasteiger partial charge in [-0.15, -0.1) is 11.3 Å². The van der Waals surface area contributed by atoms with E-state index in [-0.39, 0.29) is 11.8 Å². The molecule has 0 aliphatic carbocycles. The van der Waals surface area contributed by atoms with Gasteiger partial charge in [0, 0.05) is 28.2 Å². The number of halogens is 1. The Bertz CT molecular complexity index is 1250. The first-order valence-corrected chi connectivity index (χ1v) is 13.0. The lowest BCUT2D eigenvalue weighted by atomic mass is 10.1. The van der Waals surface area contributed by atoms with Crippen LogP contribution in [0.2, 0.25) is 0 Å². The number of hydrogen-bond donors (Lipinski definition) is 1. The highest BCUT2D eigenvalue weighted by molar-refractivity contribution is 7.16. The van der Waals surface area contributed by atoms with Crippen LogP contribution in [0.15, 0.2) is 42.5 Å². The minimum atomic E-state index is -0.418. The van der Waals surface area contributed by atoms with Crippen LogP contribution in [0.1, 0.15) is 46.5 Å². The Labute approximate surface area is 208 Å². The van der Waals surface area contributed by atoms with E-state index in [1.54, 1.807) is 17.0 Å². The first-order valence-electron chi connectivity index (χ1n) is 12.2. The van der Waals surface area contributed by atoms with Crippen molar-refractivity contribution in [3.8, 4) is 11.3 Å². The number of likely N-dealkylation sites (tertiary alicyclic amines) is 1. The summed E-state index contributed by atoms with van der Waals surface area (Å²) in [5, 5.41) is 3.59. The van der Waals surface area contributed by atoms with Gasteiger partial charge in [-0.05, 0) is 75.2 Å². The summed E-state index contributed by atoms with van der Waals surface area (Å²) >= 11 is 1.48. The predicted octanol–water partition coefficient (Wildman–Crippen LogP) is 5.28. The molecule has 0 spiro atoms. The molecule has 6 nitrogen and oxygen atoms in total. The Kier molecular flexibility index (Phi) is 6.92. The van der Waals surface area contributed by atoms with Crippen LogP contribution in [0.4, 0.5) is 15.2 Å². The van der Waals surface area contributed by atoms with Gasteiger partial charge in [-0.25, -0.2) is 9.37 Å². The zero-order valence-electron chi connectivity index (χ0n) is 19.8. The molecule has 0 saturated carbocycles. The lowest BCUT2D eigenvalue weighted by Gasteiger charge is -2.18. The molecule has 3 aromatic rings. The van der Waals surface area contributed by atoms with Gasteiger partial charge in [0.1, 0.15) is 5.82 Å². The number of thiazole rings is 1. The van der Waals surface area contributed by atoms with E-state index in [1.165, 1.54) is 36.3 Å². The molecule has 0 radical (unpaired) electrons. The van der Waals surface area contributed by atoms with E-state index >= 15 is 0 Å². The summed E-state index contributed by atoms with van der Waals surface area (Å²) in [6, 6.07) is 11.8. The van der Waals surface area contributed by atoms with Gasteiger partial charge >= 0.3 is 0 Å². The summed E-state index contributed by atoms with van der Waals surface area (Å²) in [5.41, 5.74) is 4.06. The van der Waals surface area contributed by atoms with Crippen LogP contribution in [-0.4, -0.2) is 47.9 Å². The maximum atomic E-state index is 13.6. The average molecular weight is 493 g/mol. The summed E-state index contributed by atoms with van der Waals surface area (Å²) in [4.78, 5) is 35.2. The van der Waals surface area contributed by atoms with Crippen LogP contribution in [0.3, 0.4) is 0 Å². The topological polar surface area (TPSA) is 65.5 Å². The average Bonchev–Trinajstić information content (AvgIpc) is 3.32. The lowest BCUT2D eigenvalue weighted by Crippen LogP contribution is -2.33. The van der Waals surface area contributed by atoms with Crippen molar-refractivity contribution in [3.05, 3.63) is 64.3 Å². The highest BCUT2D eigenvalue weighted by Crippen LogP contribution is 2.36. The third-order valence-electron chi connectivity index (χ3n) is 6.67. The molecule has 2 amide bonds. The van der Waals surface area contributed by atoms with E-state index in [0.717, 1.165) is 59.7 Å². The molecule has 2 aliphatic rings. The maximum Gasteiger partial charge on any atom is 0.258 e. The minimum absolute atomic E-state index is 0.0207. The first kappa shape index (κ1) is 23.6. The fourth-order valence-corrected chi connectivity index (χ4v) is 5.76. The van der Waals surface area contributed by atoms with Gasteiger partial charge in [0.05, 0.1) is 12.2 Å². The summed E-state index contributed by atoms with van der Waals surface area (Å²) in [6.45, 7) is 4.92. The third kappa shape index (κ3) is 5.28. The van der Waals surface area contributed by atoms with Crippen molar-refractivity contribution >= 4 is 34.0 Å². The molecular weight excluding hydrogens is 463 g/mol. The van der Waals surface area contributed by atoms with Crippen molar-refractivity contribution in [2.75, 3.05) is 36.4 Å². The number of carbonyl (C=O) groups is 2. The molecule has 8 heteroatoms. The number of rotatable bonds is 5. The quantitative estimate of drug-likeness (QED) is 0.527. The minimum Gasteiger partial charge on any atom is -0.308 e. The van der Waals surface area contributed by atoms with Crippen LogP contribution in [-0.2, 0) is 11.2 Å². The molecule has 1 N–H and O–H groups in total. The molecule has 0 atom stereocenters. The summed E-state index contributed by atoms with van der Waals surface area (Å²) in [5.74, 6) is -0.637. The van der Waals surface area contributed by atoms with Crippen LogP contribution in [0, 0.1) is 12.7 Å². The fourth-order valence-electron chi connectivity index (χ4n) is 4.91. The molecule has 1 saturated heterocycles. The number of hydrogen-bond acceptors (Lipinski definition) is 5. The predicted molar refractivity (Wildman–Crippen MR) is 138 cm³/mol. The highest BCUT2D eigenvalue weighted by Gasteiger charge is 2.26. The third-order valence-corrected chi connectivity index (χ3v) is 7.56. The van der Waals surface area contributed by atoms with E-state index in [4.69, 9.17) is 4.98 Å². The first-order chi connectivity index (χ1) is 17.0. The highest BCUT2D eigenvalue weighted by atomic mass is 32.1. The second kappa shape index (κ2) is 10.3. The molecular formula is C27H29FN4O2S. The normalized spacial score (nSPS) is 16.1. The van der Waals surface area contributed by atoms with Crippen molar-refractivity contribution in [3.63, 3.8) is 0 Å². The number of amides is 2. The van der Waals surface area contributed by atoms with E-state index in [9.17, 15) is 14.0 Å². The fraction of sp³-hybridized carbons (Fsp3) is 0.370. The molecule has 2 aliphatic heterocycles. The van der Waals surface area contributed by atoms with Crippen LogP contribution < -0.4 is 10.2 Å². The van der Waals surface area contributed by atoms with Crippen molar-refractivity contribution in [1.82, 2.24) is 9.88 Å². The second-order valence-electron chi connectivity index (χ2n) is 9.22. The molecule has 5 rings (SSSR count). The van der Waals surface area contributed by atoms with Gasteiger partial charge in [0.2, 0.25) is 5.91 Å². The number of aryl methyl sites for hydroxylation is 1. The molecule has 1 aromatic heterocycles. The monoisotopic (exact) mass is 492 g/mol. The van der Waals surface area contributed by atoms with Gasteiger partial charge in [-0.2, -0.15) is 0 Å². The van der Waals surface area contributed by atoms with Crippen molar-refractivity contribution in [2.24, 2.45) is 0 Å². The molecule has 182 valence electrons. The van der Waals surface area contributed by atoms with E-state index in [2.05, 4.69) is 16.3 Å². The summed E-state index contributed by atoms with van der Waals surface area (Å²) in [7, 11) is 0. The van der Waals surface area contributed by atoms with Crippen molar-refractivity contribution in [1.29, 1.82) is 0 Å². The maximum absolute atomic E-state index is 13.6. The Balaban J connectivity index is 1.29. The van der Waals surface area contributed by atoms with Crippen molar-refractivity contribution in [2.45, 2.75) is 39.0 Å². The second-order valence-corrected chi connectivity index (χ2v) is 10.4. The number of fused-ring (bicyclic) bond motifs is 1. The number of nitrogens with zero attached hydrogens (tertiary/aromatic N) is 3. The van der Waals surface area contributed by atoms with Crippen molar-refractivity contribution < 1.29 is 14.0 Å². The molecule has 2 aromatic carbocycles. The van der Waals surface area contributed by atoms with Crippen LogP contribution in [0.25, 0.3) is 11.3 Å². The lowest BCUT2D eigenvalue weighted by molar-refractivity contribution is -0.117. The van der Waals surface area contributed by atoms with Crippen LogP contribution >= 0.6 is 11.3 Å². The molecule has 3 heterocycles. The Morgan fingerprint density at radius 1 is 1.06 bits per heavy atom. The van der Waals surface area contributed by atoms with E-state index in [1.807, 2.05) is 19.1 Å². The standard InChI is InChI=1S/C27H29FN4O2S/c1-18-25(30-27(35-18)29-24(33)17-31-12-4-2-3-5-13-31)20-9-10-23-19(15-20)11-14-32(23)26(34)21-7-6-8-22(28)16-21/h6-10,15-16H,2-5,11-14,17H2,1H3,(H,29,30,33).